The molecule has 2 N–H and O–H groups in total. The number of aliphatic carboxylic acids is 1. The summed E-state index contributed by atoms with van der Waals surface area (Å²) >= 11 is 1.56. The van der Waals surface area contributed by atoms with E-state index >= 15 is 0 Å². The van der Waals surface area contributed by atoms with Crippen LogP contribution in [0.15, 0.2) is 84.2 Å². The number of methoxy groups -OCH3 is 2. The highest BCUT2D eigenvalue weighted by Gasteiger charge is 2.23. The molecule has 4 aromatic rings. The van der Waals surface area contributed by atoms with Crippen LogP contribution in [-0.2, 0) is 17.8 Å². The molecule has 9 heteroatoms. The maximum Gasteiger partial charge on any atom is 0.305 e. The monoisotopic (exact) mass is 572 g/mol. The summed E-state index contributed by atoms with van der Waals surface area (Å²) in [5.74, 6) is -0.367. The minimum atomic E-state index is -0.991. The third-order valence-electron chi connectivity index (χ3n) is 6.62. The Labute approximate surface area is 243 Å². The highest BCUT2D eigenvalue weighted by molar-refractivity contribution is 7.09. The molecule has 0 aliphatic rings. The van der Waals surface area contributed by atoms with Gasteiger partial charge in [-0.15, -0.1) is 11.3 Å². The first kappa shape index (κ1) is 29.4. The van der Waals surface area contributed by atoms with Gasteiger partial charge in [0.15, 0.2) is 11.5 Å². The van der Waals surface area contributed by atoms with Crippen LogP contribution >= 0.6 is 11.3 Å². The molecule has 0 radical (unpaired) electrons. The van der Waals surface area contributed by atoms with Crippen molar-refractivity contribution in [3.05, 3.63) is 106 Å². The first-order valence-corrected chi connectivity index (χ1v) is 14.0. The predicted octanol–water partition coefficient (Wildman–Crippen LogP) is 5.52. The number of thiophene rings is 1. The third kappa shape index (κ3) is 7.52. The zero-order valence-corrected chi connectivity index (χ0v) is 23.8. The average molecular weight is 573 g/mol. The van der Waals surface area contributed by atoms with E-state index in [0.29, 0.717) is 53.3 Å². The van der Waals surface area contributed by atoms with E-state index in [1.54, 1.807) is 60.8 Å². The number of carboxylic acids is 1. The molecule has 0 bridgehead atoms. The molecule has 3 aromatic carbocycles. The molecule has 212 valence electrons. The molecule has 0 atom stereocenters. The molecule has 1 aromatic heterocycles. The Morgan fingerprint density at radius 2 is 1.51 bits per heavy atom. The average Bonchev–Trinajstić information content (AvgIpc) is 3.53. The van der Waals surface area contributed by atoms with Crippen LogP contribution in [-0.4, -0.2) is 55.1 Å². The van der Waals surface area contributed by atoms with Crippen LogP contribution in [0.2, 0.25) is 0 Å². The molecule has 0 aliphatic heterocycles. The van der Waals surface area contributed by atoms with Gasteiger partial charge in [0.05, 0.1) is 27.2 Å². The molecular formula is C32H32N2O6S. The summed E-state index contributed by atoms with van der Waals surface area (Å²) in [6.45, 7) is 0.738. The minimum Gasteiger partial charge on any atom is -0.493 e. The van der Waals surface area contributed by atoms with Gasteiger partial charge in [-0.3, -0.25) is 14.4 Å². The predicted molar refractivity (Wildman–Crippen MR) is 159 cm³/mol. The van der Waals surface area contributed by atoms with E-state index < -0.39 is 5.97 Å². The second kappa shape index (κ2) is 14.1. The van der Waals surface area contributed by atoms with Gasteiger partial charge in [-0.2, -0.15) is 0 Å². The smallest absolute Gasteiger partial charge is 0.305 e. The van der Waals surface area contributed by atoms with Gasteiger partial charge in [-0.05, 0) is 58.8 Å². The summed E-state index contributed by atoms with van der Waals surface area (Å²) in [6.07, 6.45) is 0.289. The molecular weight excluding hydrogens is 540 g/mol. The number of benzene rings is 3. The number of ether oxygens (including phenoxy) is 2. The summed E-state index contributed by atoms with van der Waals surface area (Å²) in [6, 6.07) is 23.7. The molecule has 0 fully saturated rings. The van der Waals surface area contributed by atoms with Gasteiger partial charge in [0.1, 0.15) is 0 Å². The van der Waals surface area contributed by atoms with Gasteiger partial charge in [0, 0.05) is 29.1 Å². The minimum absolute atomic E-state index is 0.0404. The van der Waals surface area contributed by atoms with Crippen LogP contribution in [0.1, 0.15) is 37.6 Å². The quantitative estimate of drug-likeness (QED) is 0.219. The highest BCUT2D eigenvalue weighted by Crippen LogP contribution is 2.30. The summed E-state index contributed by atoms with van der Waals surface area (Å²) in [5.41, 5.74) is 2.98. The van der Waals surface area contributed by atoms with Gasteiger partial charge in [-0.25, -0.2) is 0 Å². The van der Waals surface area contributed by atoms with Crippen LogP contribution < -0.4 is 14.8 Å². The number of hydrogen-bond acceptors (Lipinski definition) is 6. The maximum absolute atomic E-state index is 13.9. The summed E-state index contributed by atoms with van der Waals surface area (Å²) < 4.78 is 10.7. The first-order chi connectivity index (χ1) is 19.9. The van der Waals surface area contributed by atoms with E-state index in [1.165, 1.54) is 0 Å². The number of amides is 2. The molecule has 0 saturated heterocycles. The third-order valence-corrected chi connectivity index (χ3v) is 7.50. The molecule has 4 rings (SSSR count). The first-order valence-electron chi connectivity index (χ1n) is 13.1. The van der Waals surface area contributed by atoms with Crippen LogP contribution in [0.3, 0.4) is 0 Å². The molecule has 0 unspecified atom stereocenters. The fourth-order valence-electron chi connectivity index (χ4n) is 4.51. The van der Waals surface area contributed by atoms with Gasteiger partial charge in [-0.1, -0.05) is 48.5 Å². The largest absolute Gasteiger partial charge is 0.493 e. The van der Waals surface area contributed by atoms with E-state index in [0.717, 1.165) is 10.4 Å². The normalized spacial score (nSPS) is 10.6. The van der Waals surface area contributed by atoms with Crippen LogP contribution in [0.4, 0.5) is 0 Å². The molecule has 0 aliphatic carbocycles. The van der Waals surface area contributed by atoms with Gasteiger partial charge >= 0.3 is 5.97 Å². The zero-order chi connectivity index (χ0) is 29.2. The molecule has 2 amide bonds. The van der Waals surface area contributed by atoms with Crippen molar-refractivity contribution >= 4 is 29.1 Å². The second-order valence-corrected chi connectivity index (χ2v) is 10.3. The van der Waals surface area contributed by atoms with Crippen molar-refractivity contribution in [3.8, 4) is 22.6 Å². The lowest BCUT2D eigenvalue weighted by atomic mass is 9.94. The Kier molecular flexibility index (Phi) is 10.1. The van der Waals surface area contributed by atoms with Gasteiger partial charge in [0.25, 0.3) is 11.8 Å². The van der Waals surface area contributed by atoms with Crippen molar-refractivity contribution < 1.29 is 29.0 Å². The van der Waals surface area contributed by atoms with Crippen molar-refractivity contribution in [2.24, 2.45) is 0 Å². The van der Waals surface area contributed by atoms with E-state index in [2.05, 4.69) is 5.32 Å². The number of nitrogens with zero attached hydrogens (tertiary/aromatic N) is 1. The van der Waals surface area contributed by atoms with E-state index in [9.17, 15) is 19.5 Å². The Balaban J connectivity index is 1.61. The Morgan fingerprint density at radius 1 is 0.829 bits per heavy atom. The number of nitrogens with one attached hydrogen (secondary N) is 1. The lowest BCUT2D eigenvalue weighted by Gasteiger charge is -2.24. The van der Waals surface area contributed by atoms with Crippen LogP contribution in [0.5, 0.6) is 11.5 Å². The fourth-order valence-corrected chi connectivity index (χ4v) is 5.16. The summed E-state index contributed by atoms with van der Waals surface area (Å²) in [4.78, 5) is 41.2. The zero-order valence-electron chi connectivity index (χ0n) is 23.0. The van der Waals surface area contributed by atoms with Crippen molar-refractivity contribution in [1.82, 2.24) is 10.2 Å². The maximum atomic E-state index is 13.9. The Morgan fingerprint density at radius 3 is 2.17 bits per heavy atom. The summed E-state index contributed by atoms with van der Waals surface area (Å²) in [5, 5.41) is 14.3. The molecule has 1 heterocycles. The number of hydrogen-bond donors (Lipinski definition) is 2. The van der Waals surface area contributed by atoms with E-state index in [-0.39, 0.29) is 24.8 Å². The molecule has 0 saturated carbocycles. The van der Waals surface area contributed by atoms with E-state index in [1.807, 2.05) is 53.9 Å². The Bertz CT molecular complexity index is 1500. The number of carbonyl (C=O) groups is 3. The number of carbonyl (C=O) groups excluding carboxylic acids is 2. The lowest BCUT2D eigenvalue weighted by molar-refractivity contribution is -0.137. The molecule has 8 nitrogen and oxygen atoms in total. The van der Waals surface area contributed by atoms with Crippen molar-refractivity contribution in [2.75, 3.05) is 27.3 Å². The topological polar surface area (TPSA) is 105 Å². The lowest BCUT2D eigenvalue weighted by Crippen LogP contribution is -2.35. The van der Waals surface area contributed by atoms with Crippen molar-refractivity contribution in [2.45, 2.75) is 19.4 Å². The number of rotatable bonds is 13. The van der Waals surface area contributed by atoms with Gasteiger partial charge < -0.3 is 24.8 Å². The van der Waals surface area contributed by atoms with Crippen LogP contribution in [0, 0.1) is 0 Å². The fraction of sp³-hybridized carbons (Fsp3) is 0.219. The van der Waals surface area contributed by atoms with Crippen molar-refractivity contribution in [3.63, 3.8) is 0 Å². The SMILES string of the molecule is COc1ccc(CCN(CCC(=O)O)C(=O)c2ccccc2-c2ccccc2C(=O)NCc2cccs2)cc1OC. The summed E-state index contributed by atoms with van der Waals surface area (Å²) in [7, 11) is 3.12. The molecule has 0 spiro atoms. The standard InChI is InChI=1S/C32H32N2O6S/c1-39-28-14-13-22(20-29(28)40-2)15-17-34(18-16-30(35)36)32(38)27-12-6-4-10-25(27)24-9-3-5-11-26(24)31(37)33-21-23-8-7-19-41-23/h3-14,19-20H,15-18,21H2,1-2H3,(H,33,37)(H,35,36). The second-order valence-electron chi connectivity index (χ2n) is 9.23. The van der Waals surface area contributed by atoms with Gasteiger partial charge in [0.2, 0.25) is 0 Å². The highest BCUT2D eigenvalue weighted by atomic mass is 32.1. The van der Waals surface area contributed by atoms with Crippen LogP contribution in [0.25, 0.3) is 11.1 Å². The molecule has 41 heavy (non-hydrogen) atoms. The Hall–Kier alpha value is -4.63. The van der Waals surface area contributed by atoms with E-state index in [4.69, 9.17) is 9.47 Å². The number of carboxylic acid groups (broad SMARTS) is 1. The van der Waals surface area contributed by atoms with Crippen molar-refractivity contribution in [1.29, 1.82) is 0 Å².